The third-order valence-corrected chi connectivity index (χ3v) is 7.53. The molecule has 0 spiro atoms. The number of carbonyl (C=O) groups is 1. The average Bonchev–Trinajstić information content (AvgIpc) is 3.25. The quantitative estimate of drug-likeness (QED) is 0.582. The lowest BCUT2D eigenvalue weighted by Crippen LogP contribution is -2.36. The Morgan fingerprint density at radius 1 is 1.20 bits per heavy atom. The topological polar surface area (TPSA) is 89.5 Å². The molecule has 7 nitrogen and oxygen atoms in total. The summed E-state index contributed by atoms with van der Waals surface area (Å²) < 4.78 is 34.5. The van der Waals surface area contributed by atoms with Gasteiger partial charge in [-0.2, -0.15) is 4.37 Å². The Bertz CT molecular complexity index is 1140. The zero-order valence-corrected chi connectivity index (χ0v) is 18.1. The fraction of sp³-hybridized carbons (Fsp3) is 0.286. The molecule has 4 rings (SSSR count). The number of amides is 1. The van der Waals surface area contributed by atoms with Crippen molar-refractivity contribution in [1.29, 1.82) is 0 Å². The van der Waals surface area contributed by atoms with Crippen LogP contribution in [-0.2, 0) is 33.2 Å². The van der Waals surface area contributed by atoms with Crippen LogP contribution in [0, 0.1) is 0 Å². The molecule has 1 amide bonds. The first-order chi connectivity index (χ1) is 14.5. The fourth-order valence-electron chi connectivity index (χ4n) is 3.54. The zero-order valence-electron chi connectivity index (χ0n) is 16.4. The minimum Gasteiger partial charge on any atom is -0.497 e. The molecule has 2 heterocycles. The van der Waals surface area contributed by atoms with Gasteiger partial charge in [-0.15, -0.1) is 0 Å². The molecule has 1 aliphatic rings. The van der Waals surface area contributed by atoms with E-state index in [0.29, 0.717) is 11.6 Å². The first-order valence-corrected chi connectivity index (χ1v) is 11.9. The standard InChI is InChI=1S/C21H21N3O4S2/c1-28-17-6-4-15(5-7-17)11-21(25)24-10-2-3-16-12-18(8-9-19(16)24)30(26,27)13-20-22-14-23-29-20/h4-9,12,14H,2-3,10-11,13H2,1H3. The minimum absolute atomic E-state index is 0.00872. The second-order valence-corrected chi connectivity index (χ2v) is 9.91. The van der Waals surface area contributed by atoms with Gasteiger partial charge in [0, 0.05) is 12.2 Å². The van der Waals surface area contributed by atoms with E-state index in [4.69, 9.17) is 4.74 Å². The molecule has 3 aromatic rings. The molecule has 0 atom stereocenters. The van der Waals surface area contributed by atoms with E-state index in [1.54, 1.807) is 30.2 Å². The molecule has 9 heteroatoms. The minimum atomic E-state index is -3.52. The van der Waals surface area contributed by atoms with Crippen molar-refractivity contribution in [2.45, 2.75) is 29.9 Å². The average molecular weight is 444 g/mol. The van der Waals surface area contributed by atoms with Crippen molar-refractivity contribution >= 4 is 33.0 Å². The summed E-state index contributed by atoms with van der Waals surface area (Å²) in [6.45, 7) is 0.624. The van der Waals surface area contributed by atoms with Crippen molar-refractivity contribution in [2.75, 3.05) is 18.6 Å². The van der Waals surface area contributed by atoms with Crippen molar-refractivity contribution in [1.82, 2.24) is 9.36 Å². The Balaban J connectivity index is 1.54. The Hall–Kier alpha value is -2.78. The van der Waals surface area contributed by atoms with Gasteiger partial charge in [-0.1, -0.05) is 12.1 Å². The van der Waals surface area contributed by atoms with Gasteiger partial charge >= 0.3 is 0 Å². The van der Waals surface area contributed by atoms with E-state index in [2.05, 4.69) is 9.36 Å². The fourth-order valence-corrected chi connectivity index (χ4v) is 5.69. The predicted octanol–water partition coefficient (Wildman–Crippen LogP) is 3.04. The number of rotatable bonds is 6. The number of fused-ring (bicyclic) bond motifs is 1. The largest absolute Gasteiger partial charge is 0.497 e. The summed E-state index contributed by atoms with van der Waals surface area (Å²) in [5.74, 6) is 0.568. The van der Waals surface area contributed by atoms with Crippen molar-refractivity contribution in [3.63, 3.8) is 0 Å². The molecule has 0 bridgehead atoms. The van der Waals surface area contributed by atoms with E-state index < -0.39 is 9.84 Å². The number of hydrogen-bond acceptors (Lipinski definition) is 7. The Morgan fingerprint density at radius 3 is 2.70 bits per heavy atom. The van der Waals surface area contributed by atoms with E-state index in [1.165, 1.54) is 6.33 Å². The number of nitrogens with zero attached hydrogens (tertiary/aromatic N) is 3. The first kappa shape index (κ1) is 20.5. The molecular formula is C21H21N3O4S2. The highest BCUT2D eigenvalue weighted by Crippen LogP contribution is 2.31. The summed E-state index contributed by atoms with van der Waals surface area (Å²) in [6.07, 6.45) is 3.17. The van der Waals surface area contributed by atoms with Crippen LogP contribution < -0.4 is 9.64 Å². The maximum absolute atomic E-state index is 12.9. The lowest BCUT2D eigenvalue weighted by molar-refractivity contribution is -0.118. The highest BCUT2D eigenvalue weighted by Gasteiger charge is 2.25. The van der Waals surface area contributed by atoms with Gasteiger partial charge in [0.05, 0.1) is 18.4 Å². The number of methoxy groups -OCH3 is 1. The van der Waals surface area contributed by atoms with E-state index in [9.17, 15) is 13.2 Å². The number of benzene rings is 2. The maximum atomic E-state index is 12.9. The van der Waals surface area contributed by atoms with Crippen LogP contribution in [0.5, 0.6) is 5.75 Å². The molecule has 0 saturated heterocycles. The summed E-state index contributed by atoms with van der Waals surface area (Å²) in [5, 5.41) is 0.462. The number of carbonyl (C=O) groups excluding carboxylic acids is 1. The highest BCUT2D eigenvalue weighted by molar-refractivity contribution is 7.90. The molecule has 0 N–H and O–H groups in total. The van der Waals surface area contributed by atoms with Crippen molar-refractivity contribution in [2.24, 2.45) is 0 Å². The van der Waals surface area contributed by atoms with Gasteiger partial charge in [0.1, 0.15) is 22.8 Å². The highest BCUT2D eigenvalue weighted by atomic mass is 32.2. The van der Waals surface area contributed by atoms with Gasteiger partial charge in [-0.25, -0.2) is 13.4 Å². The summed E-state index contributed by atoms with van der Waals surface area (Å²) in [4.78, 5) is 18.9. The Kier molecular flexibility index (Phi) is 5.83. The summed E-state index contributed by atoms with van der Waals surface area (Å²) in [7, 11) is -1.91. The molecule has 2 aromatic carbocycles. The molecule has 30 heavy (non-hydrogen) atoms. The summed E-state index contributed by atoms with van der Waals surface area (Å²) in [6, 6.07) is 12.4. The third kappa shape index (κ3) is 4.36. The van der Waals surface area contributed by atoms with Crippen LogP contribution in [0.4, 0.5) is 5.69 Å². The van der Waals surface area contributed by atoms with Crippen LogP contribution >= 0.6 is 11.5 Å². The molecule has 0 unspecified atom stereocenters. The molecule has 1 aliphatic heterocycles. The number of anilines is 1. The Labute approximate surface area is 179 Å². The second-order valence-electron chi connectivity index (χ2n) is 7.06. The van der Waals surface area contributed by atoms with Crippen LogP contribution in [0.15, 0.2) is 53.7 Å². The van der Waals surface area contributed by atoms with Gasteiger partial charge in [0.25, 0.3) is 0 Å². The smallest absolute Gasteiger partial charge is 0.231 e. The number of aryl methyl sites for hydroxylation is 1. The molecule has 0 saturated carbocycles. The monoisotopic (exact) mass is 443 g/mol. The van der Waals surface area contributed by atoms with E-state index >= 15 is 0 Å². The molecule has 0 radical (unpaired) electrons. The van der Waals surface area contributed by atoms with Crippen molar-refractivity contribution < 1.29 is 17.9 Å². The van der Waals surface area contributed by atoms with E-state index in [0.717, 1.165) is 46.9 Å². The molecule has 156 valence electrons. The van der Waals surface area contributed by atoms with Gasteiger partial charge in [-0.3, -0.25) is 4.79 Å². The number of hydrogen-bond donors (Lipinski definition) is 0. The number of sulfone groups is 1. The normalized spacial score (nSPS) is 13.7. The summed E-state index contributed by atoms with van der Waals surface area (Å²) >= 11 is 1.08. The SMILES string of the molecule is COc1ccc(CC(=O)N2CCCc3cc(S(=O)(=O)Cc4ncns4)ccc32)cc1. The van der Waals surface area contributed by atoms with Crippen LogP contribution in [-0.4, -0.2) is 37.3 Å². The lowest BCUT2D eigenvalue weighted by atomic mass is 10.0. The molecule has 1 aromatic heterocycles. The van der Waals surface area contributed by atoms with Crippen LogP contribution in [0.2, 0.25) is 0 Å². The van der Waals surface area contributed by atoms with E-state index in [-0.39, 0.29) is 23.0 Å². The van der Waals surface area contributed by atoms with Gasteiger partial charge < -0.3 is 9.64 Å². The third-order valence-electron chi connectivity index (χ3n) is 5.06. The van der Waals surface area contributed by atoms with Crippen LogP contribution in [0.3, 0.4) is 0 Å². The van der Waals surface area contributed by atoms with Crippen LogP contribution in [0.1, 0.15) is 22.6 Å². The van der Waals surface area contributed by atoms with Gasteiger partial charge in [-0.05, 0) is 65.8 Å². The van der Waals surface area contributed by atoms with Gasteiger partial charge in [0.15, 0.2) is 9.84 Å². The molecule has 0 aliphatic carbocycles. The van der Waals surface area contributed by atoms with Crippen molar-refractivity contribution in [3.8, 4) is 5.75 Å². The second kappa shape index (κ2) is 8.53. The zero-order chi connectivity index (χ0) is 21.1. The summed E-state index contributed by atoms with van der Waals surface area (Å²) in [5.41, 5.74) is 2.57. The predicted molar refractivity (Wildman–Crippen MR) is 115 cm³/mol. The molecule has 0 fully saturated rings. The molecular weight excluding hydrogens is 422 g/mol. The lowest BCUT2D eigenvalue weighted by Gasteiger charge is -2.30. The van der Waals surface area contributed by atoms with Crippen molar-refractivity contribution in [3.05, 3.63) is 64.9 Å². The number of aromatic nitrogens is 2. The maximum Gasteiger partial charge on any atom is 0.231 e. The van der Waals surface area contributed by atoms with E-state index in [1.807, 2.05) is 24.3 Å². The Morgan fingerprint density at radius 2 is 2.00 bits per heavy atom. The number of ether oxygens (including phenoxy) is 1. The van der Waals surface area contributed by atoms with Gasteiger partial charge in [0.2, 0.25) is 5.91 Å². The first-order valence-electron chi connectivity index (χ1n) is 9.51. The van der Waals surface area contributed by atoms with Crippen LogP contribution in [0.25, 0.3) is 0 Å².